The Morgan fingerprint density at radius 3 is 2.50 bits per heavy atom. The second-order valence-electron chi connectivity index (χ2n) is 7.52. The fraction of sp³-hybridized carbons (Fsp3) is 1.00. The van der Waals surface area contributed by atoms with E-state index in [1.165, 1.54) is 51.6 Å². The predicted molar refractivity (Wildman–Crippen MR) is 79.7 cm³/mol. The van der Waals surface area contributed by atoms with Gasteiger partial charge in [-0.15, -0.1) is 0 Å². The van der Waals surface area contributed by atoms with Gasteiger partial charge in [0.25, 0.3) is 0 Å². The van der Waals surface area contributed by atoms with Crippen LogP contribution in [0, 0.1) is 29.1 Å². The van der Waals surface area contributed by atoms with Crippen molar-refractivity contribution in [3.63, 3.8) is 0 Å². The lowest BCUT2D eigenvalue weighted by molar-refractivity contribution is 0.0697. The third-order valence-electron chi connectivity index (χ3n) is 5.71. The van der Waals surface area contributed by atoms with E-state index in [-0.39, 0.29) is 0 Å². The number of fused-ring (bicyclic) bond motifs is 2. The first kappa shape index (κ1) is 14.4. The molecule has 4 unspecified atom stereocenters. The van der Waals surface area contributed by atoms with E-state index in [9.17, 15) is 0 Å². The molecule has 0 amide bonds. The molecule has 2 saturated carbocycles. The van der Waals surface area contributed by atoms with Gasteiger partial charge in [0.1, 0.15) is 0 Å². The Hall–Kier alpha value is -0.0400. The molecule has 1 heteroatoms. The fourth-order valence-corrected chi connectivity index (χ4v) is 4.92. The van der Waals surface area contributed by atoms with Crippen molar-refractivity contribution in [3.05, 3.63) is 0 Å². The monoisotopic (exact) mass is 251 g/mol. The van der Waals surface area contributed by atoms with Crippen molar-refractivity contribution in [3.8, 4) is 0 Å². The second-order valence-corrected chi connectivity index (χ2v) is 7.52. The van der Waals surface area contributed by atoms with Crippen molar-refractivity contribution < 1.29 is 0 Å². The van der Waals surface area contributed by atoms with E-state index in [1.54, 1.807) is 0 Å². The van der Waals surface area contributed by atoms with Crippen molar-refractivity contribution in [2.45, 2.75) is 66.2 Å². The standard InChI is InChI=1S/C17H33N/c1-5-8-18-12-17(14(4)9-13(2)3)11-15-6-7-16(17)10-15/h13-16,18H,5-12H2,1-4H3. The first-order valence-electron chi connectivity index (χ1n) is 8.29. The minimum absolute atomic E-state index is 0.641. The Kier molecular flexibility index (Phi) is 4.75. The van der Waals surface area contributed by atoms with Gasteiger partial charge in [0.05, 0.1) is 0 Å². The van der Waals surface area contributed by atoms with Crippen molar-refractivity contribution in [1.82, 2.24) is 5.32 Å². The Bertz CT molecular complexity index is 260. The summed E-state index contributed by atoms with van der Waals surface area (Å²) in [6, 6.07) is 0. The number of hydrogen-bond acceptors (Lipinski definition) is 1. The van der Waals surface area contributed by atoms with Crippen LogP contribution in [0.5, 0.6) is 0 Å². The first-order chi connectivity index (χ1) is 8.58. The van der Waals surface area contributed by atoms with Crippen molar-refractivity contribution in [2.75, 3.05) is 13.1 Å². The van der Waals surface area contributed by atoms with E-state index in [2.05, 4.69) is 33.0 Å². The number of nitrogens with one attached hydrogen (secondary N) is 1. The maximum absolute atomic E-state index is 3.76. The molecule has 106 valence electrons. The highest BCUT2D eigenvalue weighted by Gasteiger charge is 2.52. The molecule has 18 heavy (non-hydrogen) atoms. The molecule has 0 aromatic rings. The van der Waals surface area contributed by atoms with Crippen LogP contribution < -0.4 is 5.32 Å². The molecule has 4 atom stereocenters. The van der Waals surface area contributed by atoms with Crippen LogP contribution in [0.1, 0.15) is 66.2 Å². The molecule has 0 aromatic heterocycles. The topological polar surface area (TPSA) is 12.0 Å². The van der Waals surface area contributed by atoms with Crippen LogP contribution in [0.25, 0.3) is 0 Å². The largest absolute Gasteiger partial charge is 0.316 e. The molecule has 0 saturated heterocycles. The van der Waals surface area contributed by atoms with E-state index in [0.29, 0.717) is 5.41 Å². The Balaban J connectivity index is 2.03. The van der Waals surface area contributed by atoms with Gasteiger partial charge in [0, 0.05) is 6.54 Å². The molecule has 0 aromatic carbocycles. The van der Waals surface area contributed by atoms with Gasteiger partial charge in [0.15, 0.2) is 0 Å². The van der Waals surface area contributed by atoms with Gasteiger partial charge in [-0.2, -0.15) is 0 Å². The summed E-state index contributed by atoms with van der Waals surface area (Å²) in [5, 5.41) is 3.76. The van der Waals surface area contributed by atoms with Crippen LogP contribution in [0.3, 0.4) is 0 Å². The van der Waals surface area contributed by atoms with Gasteiger partial charge >= 0.3 is 0 Å². The van der Waals surface area contributed by atoms with E-state index in [4.69, 9.17) is 0 Å². The molecule has 0 spiro atoms. The normalized spacial score (nSPS) is 36.5. The smallest absolute Gasteiger partial charge is 0.00131 e. The minimum Gasteiger partial charge on any atom is -0.316 e. The average Bonchev–Trinajstić information content (AvgIpc) is 2.89. The number of hydrogen-bond donors (Lipinski definition) is 1. The Morgan fingerprint density at radius 2 is 2.00 bits per heavy atom. The van der Waals surface area contributed by atoms with Crippen molar-refractivity contribution in [1.29, 1.82) is 0 Å². The number of rotatable bonds is 7. The average molecular weight is 251 g/mol. The molecule has 2 rings (SSSR count). The summed E-state index contributed by atoms with van der Waals surface area (Å²) >= 11 is 0. The SMILES string of the molecule is CCCNCC1(C(C)CC(C)C)CC2CCC1C2. The third kappa shape index (κ3) is 2.76. The summed E-state index contributed by atoms with van der Waals surface area (Å²) in [5.41, 5.74) is 0.641. The van der Waals surface area contributed by atoms with E-state index in [0.717, 1.165) is 23.7 Å². The quantitative estimate of drug-likeness (QED) is 0.658. The lowest BCUT2D eigenvalue weighted by Gasteiger charge is -2.44. The summed E-state index contributed by atoms with van der Waals surface area (Å²) in [5.74, 6) is 3.84. The predicted octanol–water partition coefficient (Wildman–Crippen LogP) is 4.47. The van der Waals surface area contributed by atoms with Gasteiger partial charge in [0.2, 0.25) is 0 Å². The van der Waals surface area contributed by atoms with Gasteiger partial charge in [-0.05, 0) is 67.7 Å². The first-order valence-corrected chi connectivity index (χ1v) is 8.29. The van der Waals surface area contributed by atoms with Crippen molar-refractivity contribution in [2.24, 2.45) is 29.1 Å². The highest BCUT2D eigenvalue weighted by atomic mass is 14.9. The lowest BCUT2D eigenvalue weighted by Crippen LogP contribution is -2.44. The van der Waals surface area contributed by atoms with Crippen LogP contribution in [-0.2, 0) is 0 Å². The molecule has 1 nitrogen and oxygen atoms in total. The van der Waals surface area contributed by atoms with Gasteiger partial charge in [-0.1, -0.05) is 34.1 Å². The minimum atomic E-state index is 0.641. The molecule has 2 bridgehead atoms. The molecular formula is C17H33N. The molecule has 0 heterocycles. The Labute approximate surface area is 114 Å². The fourth-order valence-electron chi connectivity index (χ4n) is 4.92. The van der Waals surface area contributed by atoms with E-state index < -0.39 is 0 Å². The molecule has 2 aliphatic rings. The summed E-state index contributed by atoms with van der Waals surface area (Å²) in [4.78, 5) is 0. The molecule has 2 fully saturated rings. The summed E-state index contributed by atoms with van der Waals surface area (Å²) in [6.45, 7) is 12.1. The van der Waals surface area contributed by atoms with Crippen molar-refractivity contribution >= 4 is 0 Å². The zero-order valence-electron chi connectivity index (χ0n) is 13.0. The van der Waals surface area contributed by atoms with Crippen LogP contribution >= 0.6 is 0 Å². The van der Waals surface area contributed by atoms with Crippen LogP contribution in [0.15, 0.2) is 0 Å². The Morgan fingerprint density at radius 1 is 1.22 bits per heavy atom. The third-order valence-corrected chi connectivity index (χ3v) is 5.71. The zero-order chi connectivity index (χ0) is 13.2. The molecule has 2 aliphatic carbocycles. The zero-order valence-corrected chi connectivity index (χ0v) is 13.0. The van der Waals surface area contributed by atoms with Crippen LogP contribution in [0.2, 0.25) is 0 Å². The summed E-state index contributed by atoms with van der Waals surface area (Å²) < 4.78 is 0. The van der Waals surface area contributed by atoms with Crippen LogP contribution in [0.4, 0.5) is 0 Å². The second kappa shape index (κ2) is 5.94. The molecule has 1 N–H and O–H groups in total. The van der Waals surface area contributed by atoms with Gasteiger partial charge < -0.3 is 5.32 Å². The summed E-state index contributed by atoms with van der Waals surface area (Å²) in [7, 11) is 0. The highest BCUT2D eigenvalue weighted by molar-refractivity contribution is 5.03. The van der Waals surface area contributed by atoms with E-state index in [1.807, 2.05) is 0 Å². The highest BCUT2D eigenvalue weighted by Crippen LogP contribution is 2.59. The lowest BCUT2D eigenvalue weighted by atomic mass is 9.63. The maximum atomic E-state index is 3.76. The van der Waals surface area contributed by atoms with E-state index >= 15 is 0 Å². The van der Waals surface area contributed by atoms with Gasteiger partial charge in [-0.25, -0.2) is 0 Å². The molecule has 0 radical (unpaired) electrons. The summed E-state index contributed by atoms with van der Waals surface area (Å²) in [6.07, 6.45) is 8.77. The maximum Gasteiger partial charge on any atom is 0.00131 e. The molecular weight excluding hydrogens is 218 g/mol. The van der Waals surface area contributed by atoms with Crippen LogP contribution in [-0.4, -0.2) is 13.1 Å². The molecule has 0 aliphatic heterocycles. The van der Waals surface area contributed by atoms with Gasteiger partial charge in [-0.3, -0.25) is 0 Å².